The van der Waals surface area contributed by atoms with E-state index >= 15 is 0 Å². The van der Waals surface area contributed by atoms with Gasteiger partial charge in [0, 0.05) is 18.3 Å². The van der Waals surface area contributed by atoms with Gasteiger partial charge < -0.3 is 24.8 Å². The molecule has 3 aromatic rings. The molecule has 2 aliphatic carbocycles. The van der Waals surface area contributed by atoms with Crippen LogP contribution in [0.5, 0.6) is 17.2 Å². The number of ether oxygens (including phenoxy) is 2. The van der Waals surface area contributed by atoms with Gasteiger partial charge in [0.05, 0.1) is 12.6 Å². The number of phenolic OH excluding ortho intramolecular Hbond substituents is 1. The lowest BCUT2D eigenvalue weighted by Gasteiger charge is -2.36. The molecule has 208 valence electrons. The van der Waals surface area contributed by atoms with Crippen LogP contribution in [0.25, 0.3) is 0 Å². The van der Waals surface area contributed by atoms with E-state index in [2.05, 4.69) is 72.8 Å². The van der Waals surface area contributed by atoms with Crippen molar-refractivity contribution in [1.82, 2.24) is 4.90 Å². The third kappa shape index (κ3) is 6.52. The highest BCUT2D eigenvalue weighted by Crippen LogP contribution is 2.38. The van der Waals surface area contributed by atoms with Gasteiger partial charge in [0.25, 0.3) is 0 Å². The molecule has 5 heteroatoms. The van der Waals surface area contributed by atoms with Gasteiger partial charge in [-0.15, -0.1) is 0 Å². The van der Waals surface area contributed by atoms with Crippen LogP contribution in [0.1, 0.15) is 66.7 Å². The van der Waals surface area contributed by atoms with Crippen molar-refractivity contribution in [1.29, 1.82) is 0 Å². The standard InChI is InChI=1S/C34H44N2O3/c1-36(2)34(18-4-5-19-34)24-39-30-14-8-25(9-15-30)7-6-20-35-33-23-31(38-3)16-17-32(33)28-11-10-27-22-29(37)13-12-26(27)21-28/h8-9,12-17,22-23,28,35,37H,4-7,10-11,18-21,24H2,1-3H3. The van der Waals surface area contributed by atoms with Gasteiger partial charge in [-0.25, -0.2) is 0 Å². The fraction of sp³-hybridized carbons (Fsp3) is 0.471. The zero-order valence-electron chi connectivity index (χ0n) is 23.8. The van der Waals surface area contributed by atoms with E-state index < -0.39 is 0 Å². The van der Waals surface area contributed by atoms with Crippen LogP contribution in [0.15, 0.2) is 60.7 Å². The Kier molecular flexibility index (Phi) is 8.66. The highest BCUT2D eigenvalue weighted by molar-refractivity contribution is 5.57. The van der Waals surface area contributed by atoms with E-state index in [0.717, 1.165) is 56.8 Å². The largest absolute Gasteiger partial charge is 0.508 e. The topological polar surface area (TPSA) is 54.0 Å². The molecule has 0 saturated heterocycles. The molecule has 1 fully saturated rings. The number of rotatable bonds is 11. The van der Waals surface area contributed by atoms with Crippen molar-refractivity contribution in [2.45, 2.75) is 69.2 Å². The van der Waals surface area contributed by atoms with Crippen LogP contribution >= 0.6 is 0 Å². The Labute approximate surface area is 234 Å². The summed E-state index contributed by atoms with van der Waals surface area (Å²) in [4.78, 5) is 2.36. The number of benzene rings is 3. The molecule has 2 N–H and O–H groups in total. The number of likely N-dealkylation sites (N-methyl/N-ethyl adjacent to an activating group) is 1. The number of nitrogens with zero attached hydrogens (tertiary/aromatic N) is 1. The molecule has 3 aromatic carbocycles. The van der Waals surface area contributed by atoms with Gasteiger partial charge in [0.15, 0.2) is 0 Å². The van der Waals surface area contributed by atoms with Crippen molar-refractivity contribution in [2.75, 3.05) is 39.7 Å². The van der Waals surface area contributed by atoms with E-state index in [0.29, 0.717) is 11.7 Å². The van der Waals surface area contributed by atoms with E-state index in [1.54, 1.807) is 7.11 Å². The minimum atomic E-state index is 0.188. The third-order valence-electron chi connectivity index (χ3n) is 8.99. The number of anilines is 1. The zero-order valence-corrected chi connectivity index (χ0v) is 23.8. The molecule has 1 atom stereocenters. The Balaban J connectivity index is 1.15. The van der Waals surface area contributed by atoms with E-state index in [1.165, 1.54) is 53.6 Å². The van der Waals surface area contributed by atoms with E-state index in [9.17, 15) is 5.11 Å². The lowest BCUT2D eigenvalue weighted by atomic mass is 9.79. The predicted octanol–water partition coefficient (Wildman–Crippen LogP) is 6.97. The molecule has 1 unspecified atom stereocenters. The van der Waals surface area contributed by atoms with Crippen LogP contribution in [0, 0.1) is 0 Å². The molecule has 0 aromatic heterocycles. The molecule has 5 nitrogen and oxygen atoms in total. The Bertz CT molecular complexity index is 1230. The van der Waals surface area contributed by atoms with Crippen molar-refractivity contribution in [3.05, 3.63) is 82.9 Å². The monoisotopic (exact) mass is 528 g/mol. The maximum atomic E-state index is 9.85. The van der Waals surface area contributed by atoms with Crippen molar-refractivity contribution in [2.24, 2.45) is 0 Å². The molecule has 2 aliphatic rings. The first-order valence-electron chi connectivity index (χ1n) is 14.6. The van der Waals surface area contributed by atoms with E-state index in [-0.39, 0.29) is 5.54 Å². The number of nitrogens with one attached hydrogen (secondary N) is 1. The van der Waals surface area contributed by atoms with Gasteiger partial charge in [0.1, 0.15) is 23.9 Å². The SMILES string of the molecule is COc1ccc(C2CCc3cc(O)ccc3C2)c(NCCCc2ccc(OCC3(N(C)C)CCCC3)cc2)c1. The zero-order chi connectivity index (χ0) is 27.2. The summed E-state index contributed by atoms with van der Waals surface area (Å²) in [5.74, 6) is 2.67. The second kappa shape index (κ2) is 12.3. The van der Waals surface area contributed by atoms with E-state index in [1.807, 2.05) is 12.1 Å². The summed E-state index contributed by atoms with van der Waals surface area (Å²) >= 11 is 0. The molecule has 0 amide bonds. The third-order valence-corrected chi connectivity index (χ3v) is 8.99. The van der Waals surface area contributed by atoms with Gasteiger partial charge in [-0.1, -0.05) is 37.1 Å². The Hall–Kier alpha value is -3.18. The number of hydrogen-bond donors (Lipinski definition) is 2. The fourth-order valence-electron chi connectivity index (χ4n) is 6.42. The van der Waals surface area contributed by atoms with Crippen molar-refractivity contribution >= 4 is 5.69 Å². The average Bonchev–Trinajstić information content (AvgIpc) is 3.45. The van der Waals surface area contributed by atoms with Crippen LogP contribution in [0.2, 0.25) is 0 Å². The maximum Gasteiger partial charge on any atom is 0.120 e. The van der Waals surface area contributed by atoms with Crippen molar-refractivity contribution in [3.8, 4) is 17.2 Å². The second-order valence-electron chi connectivity index (χ2n) is 11.6. The first-order valence-corrected chi connectivity index (χ1v) is 14.6. The van der Waals surface area contributed by atoms with Crippen LogP contribution in [-0.4, -0.2) is 49.9 Å². The van der Waals surface area contributed by atoms with Crippen molar-refractivity contribution < 1.29 is 14.6 Å². The molecular formula is C34H44N2O3. The normalized spacial score (nSPS) is 18.1. The summed E-state index contributed by atoms with van der Waals surface area (Å²) in [7, 11) is 6.09. The number of fused-ring (bicyclic) bond motifs is 1. The summed E-state index contributed by atoms with van der Waals surface area (Å²) < 4.78 is 11.8. The number of aromatic hydroxyl groups is 1. The molecule has 0 spiro atoms. The van der Waals surface area contributed by atoms with Gasteiger partial charge in [0.2, 0.25) is 0 Å². The van der Waals surface area contributed by atoms with Crippen LogP contribution < -0.4 is 14.8 Å². The Morgan fingerprint density at radius 1 is 0.949 bits per heavy atom. The molecule has 0 bridgehead atoms. The van der Waals surface area contributed by atoms with Gasteiger partial charge in [-0.2, -0.15) is 0 Å². The number of phenols is 1. The molecule has 0 radical (unpaired) electrons. The van der Waals surface area contributed by atoms with Crippen LogP contribution in [0.4, 0.5) is 5.69 Å². The van der Waals surface area contributed by atoms with E-state index in [4.69, 9.17) is 9.47 Å². The highest BCUT2D eigenvalue weighted by atomic mass is 16.5. The highest BCUT2D eigenvalue weighted by Gasteiger charge is 2.36. The minimum absolute atomic E-state index is 0.188. The quantitative estimate of drug-likeness (QED) is 0.263. The molecule has 0 aliphatic heterocycles. The van der Waals surface area contributed by atoms with Crippen LogP contribution in [0.3, 0.4) is 0 Å². The first kappa shape index (κ1) is 27.4. The smallest absolute Gasteiger partial charge is 0.120 e. The molecule has 39 heavy (non-hydrogen) atoms. The van der Waals surface area contributed by atoms with Crippen LogP contribution in [-0.2, 0) is 19.3 Å². The summed E-state index contributed by atoms with van der Waals surface area (Å²) in [6, 6.07) is 20.9. The number of hydrogen-bond acceptors (Lipinski definition) is 5. The minimum Gasteiger partial charge on any atom is -0.508 e. The molecule has 5 rings (SSSR count). The van der Waals surface area contributed by atoms with Gasteiger partial charge in [-0.05, 0) is 118 Å². The maximum absolute atomic E-state index is 9.85. The molecule has 1 saturated carbocycles. The van der Waals surface area contributed by atoms with Crippen molar-refractivity contribution in [3.63, 3.8) is 0 Å². The summed E-state index contributed by atoms with van der Waals surface area (Å²) in [6.07, 6.45) is 10.2. The number of methoxy groups -OCH3 is 1. The Morgan fingerprint density at radius 2 is 1.72 bits per heavy atom. The second-order valence-corrected chi connectivity index (χ2v) is 11.6. The lowest BCUT2D eigenvalue weighted by molar-refractivity contribution is 0.0865. The van der Waals surface area contributed by atoms with Gasteiger partial charge in [-0.3, -0.25) is 0 Å². The summed E-state index contributed by atoms with van der Waals surface area (Å²) in [6.45, 7) is 1.67. The summed E-state index contributed by atoms with van der Waals surface area (Å²) in [5.41, 5.74) is 6.68. The molecule has 0 heterocycles. The lowest BCUT2D eigenvalue weighted by Crippen LogP contribution is -2.46. The Morgan fingerprint density at radius 3 is 2.46 bits per heavy atom. The predicted molar refractivity (Wildman–Crippen MR) is 160 cm³/mol. The molecular weight excluding hydrogens is 484 g/mol. The first-order chi connectivity index (χ1) is 19.0. The fourth-order valence-corrected chi connectivity index (χ4v) is 6.42. The van der Waals surface area contributed by atoms with Gasteiger partial charge >= 0.3 is 0 Å². The number of aryl methyl sites for hydroxylation is 2. The average molecular weight is 529 g/mol. The summed E-state index contributed by atoms with van der Waals surface area (Å²) in [5, 5.41) is 13.6.